The van der Waals surface area contributed by atoms with E-state index >= 15 is 0 Å². The third-order valence-corrected chi connectivity index (χ3v) is 8.29. The van der Waals surface area contributed by atoms with Crippen molar-refractivity contribution in [2.75, 3.05) is 5.75 Å². The fraction of sp³-hybridized carbons (Fsp3) is 0.323. The summed E-state index contributed by atoms with van der Waals surface area (Å²) in [6.45, 7) is 3.02. The largest absolute Gasteiger partial charge is 0.392 e. The first-order valence-corrected chi connectivity index (χ1v) is 14.6. The van der Waals surface area contributed by atoms with Gasteiger partial charge in [-0.2, -0.15) is 0 Å². The number of ether oxygens (including phenoxy) is 2. The highest BCUT2D eigenvalue weighted by molar-refractivity contribution is 7.99. The standard InChI is InChI=1S/C31H35N5O4S/c1-21-27(19-41-31-35-34-20-36(31)2)39-29(40-28(21)25-12-10-24(18-37)11-13-25)26-14-8-23(9-15-26)17-33-30(38)32-16-22-6-4-3-5-7-22/h3-15,20-21,27-29,37H,16-19H2,1-2H3,(H2,32,33,38)/t21-,27+,28+,29+/m1/s1. The molecule has 3 aromatic carbocycles. The van der Waals surface area contributed by atoms with Crippen LogP contribution in [0, 0.1) is 5.92 Å². The van der Waals surface area contributed by atoms with Gasteiger partial charge < -0.3 is 29.8 Å². The second-order valence-electron chi connectivity index (χ2n) is 10.1. The Morgan fingerprint density at radius 1 is 0.902 bits per heavy atom. The molecule has 0 bridgehead atoms. The Bertz CT molecular complexity index is 1400. The molecule has 0 radical (unpaired) electrons. The number of nitrogens with zero attached hydrogens (tertiary/aromatic N) is 3. The third kappa shape index (κ3) is 7.53. The average molecular weight is 574 g/mol. The van der Waals surface area contributed by atoms with E-state index in [-0.39, 0.29) is 30.8 Å². The number of aryl methyl sites for hydroxylation is 1. The molecule has 9 nitrogen and oxygen atoms in total. The molecule has 41 heavy (non-hydrogen) atoms. The smallest absolute Gasteiger partial charge is 0.315 e. The predicted molar refractivity (Wildman–Crippen MR) is 157 cm³/mol. The number of carbonyl (C=O) groups excluding carboxylic acids is 1. The highest BCUT2D eigenvalue weighted by atomic mass is 32.2. The van der Waals surface area contributed by atoms with Gasteiger partial charge in [0.2, 0.25) is 0 Å². The average Bonchev–Trinajstić information content (AvgIpc) is 3.43. The van der Waals surface area contributed by atoms with Crippen molar-refractivity contribution in [2.45, 2.75) is 50.3 Å². The number of benzene rings is 3. The summed E-state index contributed by atoms with van der Waals surface area (Å²) in [5, 5.41) is 24.3. The first-order chi connectivity index (χ1) is 20.0. The van der Waals surface area contributed by atoms with Gasteiger partial charge in [0, 0.05) is 37.4 Å². The molecule has 1 fully saturated rings. The van der Waals surface area contributed by atoms with Crippen LogP contribution in [0.2, 0.25) is 0 Å². The maximum Gasteiger partial charge on any atom is 0.315 e. The summed E-state index contributed by atoms with van der Waals surface area (Å²) in [5.74, 6) is 0.767. The van der Waals surface area contributed by atoms with Crippen molar-refractivity contribution in [1.82, 2.24) is 25.4 Å². The van der Waals surface area contributed by atoms with Crippen LogP contribution in [0.15, 0.2) is 90.3 Å². The quantitative estimate of drug-likeness (QED) is 0.232. The molecule has 214 valence electrons. The van der Waals surface area contributed by atoms with Gasteiger partial charge in [0.1, 0.15) is 6.33 Å². The lowest BCUT2D eigenvalue weighted by molar-refractivity contribution is -0.268. The fourth-order valence-electron chi connectivity index (χ4n) is 4.69. The molecule has 0 unspecified atom stereocenters. The Morgan fingerprint density at radius 3 is 2.17 bits per heavy atom. The number of aliphatic hydroxyl groups is 1. The van der Waals surface area contributed by atoms with Gasteiger partial charge in [0.05, 0.1) is 18.8 Å². The molecule has 5 rings (SSSR count). The van der Waals surface area contributed by atoms with Crippen LogP contribution in [0.4, 0.5) is 4.79 Å². The number of aliphatic hydroxyl groups excluding tert-OH is 1. The van der Waals surface area contributed by atoms with Gasteiger partial charge in [-0.3, -0.25) is 0 Å². The van der Waals surface area contributed by atoms with Gasteiger partial charge in [0.15, 0.2) is 11.4 Å². The van der Waals surface area contributed by atoms with Gasteiger partial charge in [-0.15, -0.1) is 10.2 Å². The molecule has 3 N–H and O–H groups in total. The Morgan fingerprint density at radius 2 is 1.54 bits per heavy atom. The first kappa shape index (κ1) is 28.8. The summed E-state index contributed by atoms with van der Waals surface area (Å²) < 4.78 is 14.9. The van der Waals surface area contributed by atoms with Crippen LogP contribution in [-0.2, 0) is 36.2 Å². The van der Waals surface area contributed by atoms with Crippen LogP contribution in [0.25, 0.3) is 0 Å². The minimum absolute atomic E-state index is 0.0000490. The topological polar surface area (TPSA) is 111 Å². The lowest BCUT2D eigenvalue weighted by atomic mass is 9.91. The zero-order valence-corrected chi connectivity index (χ0v) is 24.0. The molecule has 1 saturated heterocycles. The van der Waals surface area contributed by atoms with Gasteiger partial charge in [-0.1, -0.05) is 97.5 Å². The van der Waals surface area contributed by atoms with Crippen molar-refractivity contribution in [2.24, 2.45) is 13.0 Å². The second-order valence-corrected chi connectivity index (χ2v) is 11.1. The third-order valence-electron chi connectivity index (χ3n) is 7.17. The van der Waals surface area contributed by atoms with E-state index in [0.29, 0.717) is 18.8 Å². The molecule has 4 aromatic rings. The summed E-state index contributed by atoms with van der Waals surface area (Å²) in [7, 11) is 1.92. The van der Waals surface area contributed by atoms with E-state index in [9.17, 15) is 9.90 Å². The second kappa shape index (κ2) is 13.8. The number of thioether (sulfide) groups is 1. The van der Waals surface area contributed by atoms with Crippen molar-refractivity contribution in [3.63, 3.8) is 0 Å². The van der Waals surface area contributed by atoms with Gasteiger partial charge >= 0.3 is 6.03 Å². The molecule has 0 saturated carbocycles. The van der Waals surface area contributed by atoms with Crippen molar-refractivity contribution >= 4 is 17.8 Å². The van der Waals surface area contributed by atoms with Crippen LogP contribution in [0.3, 0.4) is 0 Å². The SMILES string of the molecule is C[C@@H]1[C@H](CSc2nncn2C)O[C@H](c2ccc(CNC(=O)NCc3ccccc3)cc2)O[C@@H]1c1ccc(CO)cc1. The summed E-state index contributed by atoms with van der Waals surface area (Å²) in [4.78, 5) is 12.3. The van der Waals surface area contributed by atoms with E-state index in [4.69, 9.17) is 9.47 Å². The van der Waals surface area contributed by atoms with E-state index < -0.39 is 6.29 Å². The minimum Gasteiger partial charge on any atom is -0.392 e. The lowest BCUT2D eigenvalue weighted by Gasteiger charge is -2.41. The monoisotopic (exact) mass is 573 g/mol. The lowest BCUT2D eigenvalue weighted by Crippen LogP contribution is -2.38. The maximum absolute atomic E-state index is 12.3. The predicted octanol–water partition coefficient (Wildman–Crippen LogP) is 4.89. The molecule has 2 heterocycles. The normalized spacial score (nSPS) is 20.5. The van der Waals surface area contributed by atoms with Gasteiger partial charge in [-0.05, 0) is 22.3 Å². The zero-order valence-electron chi connectivity index (χ0n) is 23.1. The number of hydrogen-bond acceptors (Lipinski definition) is 7. The summed E-state index contributed by atoms with van der Waals surface area (Å²) in [5.41, 5.74) is 4.82. The van der Waals surface area contributed by atoms with E-state index in [1.807, 2.05) is 90.5 Å². The number of amides is 2. The van der Waals surface area contributed by atoms with E-state index in [1.165, 1.54) is 0 Å². The highest BCUT2D eigenvalue weighted by Gasteiger charge is 2.38. The van der Waals surface area contributed by atoms with Crippen LogP contribution in [-0.4, -0.2) is 37.8 Å². The Balaban J connectivity index is 1.24. The Labute approximate surface area is 244 Å². The minimum atomic E-state index is -0.560. The van der Waals surface area contributed by atoms with Crippen molar-refractivity contribution < 1.29 is 19.4 Å². The number of rotatable bonds is 10. The number of hydrogen-bond donors (Lipinski definition) is 3. The Kier molecular flexibility index (Phi) is 9.68. The first-order valence-electron chi connectivity index (χ1n) is 13.6. The van der Waals surface area contributed by atoms with Crippen LogP contribution >= 0.6 is 11.8 Å². The molecule has 0 spiro atoms. The van der Waals surface area contributed by atoms with Crippen molar-refractivity contribution in [1.29, 1.82) is 0 Å². The van der Waals surface area contributed by atoms with E-state index in [2.05, 4.69) is 27.8 Å². The van der Waals surface area contributed by atoms with Crippen molar-refractivity contribution in [3.05, 3.63) is 113 Å². The number of carbonyl (C=O) groups is 1. The van der Waals surface area contributed by atoms with E-state index in [1.54, 1.807) is 18.1 Å². The number of nitrogens with one attached hydrogen (secondary N) is 2. The van der Waals surface area contributed by atoms with E-state index in [0.717, 1.165) is 33.0 Å². The molecular weight excluding hydrogens is 538 g/mol. The van der Waals surface area contributed by atoms with Crippen LogP contribution < -0.4 is 10.6 Å². The summed E-state index contributed by atoms with van der Waals surface area (Å²) in [6, 6.07) is 25.4. The molecule has 1 aliphatic heterocycles. The van der Waals surface area contributed by atoms with Crippen LogP contribution in [0.1, 0.15) is 47.1 Å². The maximum atomic E-state index is 12.3. The molecular formula is C31H35N5O4S. The molecule has 2 amide bonds. The zero-order chi connectivity index (χ0) is 28.6. The highest BCUT2D eigenvalue weighted by Crippen LogP contribution is 2.42. The van der Waals surface area contributed by atoms with Crippen LogP contribution in [0.5, 0.6) is 0 Å². The molecule has 10 heteroatoms. The Hall–Kier alpha value is -3.70. The number of aromatic nitrogens is 3. The number of urea groups is 1. The summed E-state index contributed by atoms with van der Waals surface area (Å²) >= 11 is 1.61. The molecule has 1 aliphatic rings. The fourth-order valence-corrected chi connectivity index (χ4v) is 5.74. The molecule has 1 aromatic heterocycles. The molecule has 4 atom stereocenters. The van der Waals surface area contributed by atoms with Crippen molar-refractivity contribution in [3.8, 4) is 0 Å². The van der Waals surface area contributed by atoms with Gasteiger partial charge in [0.25, 0.3) is 0 Å². The summed E-state index contributed by atoms with van der Waals surface area (Å²) in [6.07, 6.45) is 0.831. The molecule has 0 aliphatic carbocycles. The van der Waals surface area contributed by atoms with Gasteiger partial charge in [-0.25, -0.2) is 4.79 Å².